The lowest BCUT2D eigenvalue weighted by Crippen LogP contribution is -2.24. The molecule has 1 unspecified atom stereocenters. The molecule has 1 aromatic rings. The van der Waals surface area contributed by atoms with Crippen molar-refractivity contribution in [2.45, 2.75) is 45.0 Å². The van der Waals surface area contributed by atoms with E-state index in [1.54, 1.807) is 11.3 Å². The van der Waals surface area contributed by atoms with E-state index in [-0.39, 0.29) is 10.8 Å². The molecule has 0 saturated carbocycles. The molecule has 92 valence electrons. The maximum atomic E-state index is 5.96. The second kappa shape index (κ2) is 5.48. The SMILES string of the molecule is CC(Cl)CN(C)Cc1nc(C(C)(C)C)cs1. The molecular weight excluding hydrogens is 240 g/mol. The van der Waals surface area contributed by atoms with Gasteiger partial charge in [0, 0.05) is 22.7 Å². The fourth-order valence-electron chi connectivity index (χ4n) is 1.45. The average Bonchev–Trinajstić information content (AvgIpc) is 2.49. The molecule has 16 heavy (non-hydrogen) atoms. The lowest BCUT2D eigenvalue weighted by molar-refractivity contribution is 0.328. The lowest BCUT2D eigenvalue weighted by atomic mass is 9.93. The maximum absolute atomic E-state index is 5.96. The van der Waals surface area contributed by atoms with Gasteiger partial charge >= 0.3 is 0 Å². The monoisotopic (exact) mass is 260 g/mol. The van der Waals surface area contributed by atoms with Gasteiger partial charge in [-0.15, -0.1) is 22.9 Å². The number of halogens is 1. The van der Waals surface area contributed by atoms with Gasteiger partial charge in [-0.05, 0) is 14.0 Å². The van der Waals surface area contributed by atoms with Crippen molar-refractivity contribution in [3.05, 3.63) is 16.1 Å². The molecule has 0 aromatic carbocycles. The van der Waals surface area contributed by atoms with Gasteiger partial charge in [0.25, 0.3) is 0 Å². The van der Waals surface area contributed by atoms with Crippen molar-refractivity contribution in [3.63, 3.8) is 0 Å². The van der Waals surface area contributed by atoms with Crippen LogP contribution in [0, 0.1) is 0 Å². The van der Waals surface area contributed by atoms with E-state index in [1.807, 2.05) is 6.92 Å². The van der Waals surface area contributed by atoms with Crippen LogP contribution in [0.5, 0.6) is 0 Å². The van der Waals surface area contributed by atoms with E-state index < -0.39 is 0 Å². The van der Waals surface area contributed by atoms with Crippen LogP contribution in [0.15, 0.2) is 5.38 Å². The zero-order valence-corrected chi connectivity index (χ0v) is 12.3. The van der Waals surface area contributed by atoms with Gasteiger partial charge in [0.05, 0.1) is 12.2 Å². The minimum absolute atomic E-state index is 0.146. The highest BCUT2D eigenvalue weighted by molar-refractivity contribution is 7.09. The van der Waals surface area contributed by atoms with Crippen molar-refractivity contribution in [2.75, 3.05) is 13.6 Å². The summed E-state index contributed by atoms with van der Waals surface area (Å²) in [7, 11) is 2.08. The molecular formula is C12H21ClN2S. The van der Waals surface area contributed by atoms with Crippen LogP contribution in [-0.4, -0.2) is 28.9 Å². The van der Waals surface area contributed by atoms with E-state index in [9.17, 15) is 0 Å². The Morgan fingerprint density at radius 3 is 2.56 bits per heavy atom. The van der Waals surface area contributed by atoms with Gasteiger partial charge in [0.15, 0.2) is 0 Å². The normalized spacial score (nSPS) is 14.4. The summed E-state index contributed by atoms with van der Waals surface area (Å²) in [5.41, 5.74) is 1.33. The molecule has 4 heteroatoms. The summed E-state index contributed by atoms with van der Waals surface area (Å²) in [6.07, 6.45) is 0. The van der Waals surface area contributed by atoms with E-state index in [4.69, 9.17) is 11.6 Å². The van der Waals surface area contributed by atoms with Gasteiger partial charge in [-0.3, -0.25) is 4.90 Å². The Hall–Kier alpha value is -0.120. The summed E-state index contributed by atoms with van der Waals surface area (Å²) >= 11 is 7.69. The molecule has 0 radical (unpaired) electrons. The van der Waals surface area contributed by atoms with Crippen LogP contribution in [0.25, 0.3) is 0 Å². The van der Waals surface area contributed by atoms with Crippen LogP contribution in [-0.2, 0) is 12.0 Å². The summed E-state index contributed by atoms with van der Waals surface area (Å²) < 4.78 is 0. The van der Waals surface area contributed by atoms with Crippen molar-refractivity contribution in [2.24, 2.45) is 0 Å². The minimum Gasteiger partial charge on any atom is -0.298 e. The Morgan fingerprint density at radius 1 is 1.50 bits per heavy atom. The van der Waals surface area contributed by atoms with Crippen LogP contribution in [0.3, 0.4) is 0 Å². The standard InChI is InChI=1S/C12H21ClN2S/c1-9(13)6-15(5)7-11-14-10(8-16-11)12(2,3)4/h8-9H,6-7H2,1-5H3. The van der Waals surface area contributed by atoms with Crippen molar-refractivity contribution in [3.8, 4) is 0 Å². The summed E-state index contributed by atoms with van der Waals surface area (Å²) in [5.74, 6) is 0. The molecule has 0 aliphatic rings. The topological polar surface area (TPSA) is 16.1 Å². The van der Waals surface area contributed by atoms with Crippen LogP contribution in [0.2, 0.25) is 0 Å². The van der Waals surface area contributed by atoms with Gasteiger partial charge in [-0.2, -0.15) is 0 Å². The predicted molar refractivity (Wildman–Crippen MR) is 72.5 cm³/mol. The lowest BCUT2D eigenvalue weighted by Gasteiger charge is -2.17. The molecule has 0 amide bonds. The molecule has 1 atom stereocenters. The Morgan fingerprint density at radius 2 is 2.12 bits per heavy atom. The highest BCUT2D eigenvalue weighted by atomic mass is 35.5. The number of nitrogens with zero attached hydrogens (tertiary/aromatic N) is 2. The Balaban J connectivity index is 2.59. The first-order valence-corrected chi connectivity index (χ1v) is 6.88. The molecule has 0 saturated heterocycles. The number of hydrogen-bond acceptors (Lipinski definition) is 3. The Kier molecular flexibility index (Phi) is 4.77. The zero-order chi connectivity index (χ0) is 12.3. The highest BCUT2D eigenvalue weighted by Gasteiger charge is 2.17. The maximum Gasteiger partial charge on any atom is 0.107 e. The number of aromatic nitrogens is 1. The smallest absolute Gasteiger partial charge is 0.107 e. The fraction of sp³-hybridized carbons (Fsp3) is 0.750. The number of thiazole rings is 1. The second-order valence-electron chi connectivity index (χ2n) is 5.35. The van der Waals surface area contributed by atoms with Gasteiger partial charge in [-0.25, -0.2) is 4.98 Å². The zero-order valence-electron chi connectivity index (χ0n) is 10.7. The highest BCUT2D eigenvalue weighted by Crippen LogP contribution is 2.24. The Labute approximate surface area is 108 Å². The van der Waals surface area contributed by atoms with Crippen LogP contribution in [0.1, 0.15) is 38.4 Å². The third-order valence-electron chi connectivity index (χ3n) is 2.29. The van der Waals surface area contributed by atoms with Crippen molar-refractivity contribution >= 4 is 22.9 Å². The molecule has 2 nitrogen and oxygen atoms in total. The van der Waals surface area contributed by atoms with E-state index in [1.165, 1.54) is 10.7 Å². The molecule has 1 rings (SSSR count). The van der Waals surface area contributed by atoms with E-state index >= 15 is 0 Å². The first kappa shape index (κ1) is 13.9. The van der Waals surface area contributed by atoms with E-state index in [0.717, 1.165) is 13.1 Å². The van der Waals surface area contributed by atoms with Crippen molar-refractivity contribution < 1.29 is 0 Å². The van der Waals surface area contributed by atoms with Crippen molar-refractivity contribution in [1.29, 1.82) is 0 Å². The molecule has 0 N–H and O–H groups in total. The summed E-state index contributed by atoms with van der Waals surface area (Å²) in [5, 5.41) is 3.52. The van der Waals surface area contributed by atoms with Crippen molar-refractivity contribution in [1.82, 2.24) is 9.88 Å². The second-order valence-corrected chi connectivity index (χ2v) is 7.04. The largest absolute Gasteiger partial charge is 0.298 e. The number of rotatable bonds is 4. The minimum atomic E-state index is 0.146. The van der Waals surface area contributed by atoms with Gasteiger partial charge in [0.2, 0.25) is 0 Å². The van der Waals surface area contributed by atoms with Gasteiger partial charge in [-0.1, -0.05) is 20.8 Å². The molecule has 0 spiro atoms. The van der Waals surface area contributed by atoms with Gasteiger partial charge in [0.1, 0.15) is 5.01 Å². The average molecular weight is 261 g/mol. The van der Waals surface area contributed by atoms with Gasteiger partial charge < -0.3 is 0 Å². The molecule has 1 heterocycles. The summed E-state index contributed by atoms with van der Waals surface area (Å²) in [4.78, 5) is 6.87. The van der Waals surface area contributed by atoms with E-state index in [2.05, 4.69) is 43.1 Å². The fourth-order valence-corrected chi connectivity index (χ4v) is 2.79. The first-order valence-electron chi connectivity index (χ1n) is 5.56. The third kappa shape index (κ3) is 4.40. The van der Waals surface area contributed by atoms with E-state index in [0.29, 0.717) is 0 Å². The third-order valence-corrected chi connectivity index (χ3v) is 3.26. The number of alkyl halides is 1. The molecule has 1 aromatic heterocycles. The van der Waals surface area contributed by atoms with Crippen LogP contribution < -0.4 is 0 Å². The first-order chi connectivity index (χ1) is 7.29. The van der Waals surface area contributed by atoms with Crippen LogP contribution in [0.4, 0.5) is 0 Å². The summed E-state index contributed by atoms with van der Waals surface area (Å²) in [6, 6.07) is 0. The molecule has 0 bridgehead atoms. The Bertz CT molecular complexity index is 328. The predicted octanol–water partition coefficient (Wildman–Crippen LogP) is 3.50. The summed E-state index contributed by atoms with van der Waals surface area (Å²) in [6.45, 7) is 10.4. The quantitative estimate of drug-likeness (QED) is 0.771. The number of hydrogen-bond donors (Lipinski definition) is 0. The molecule has 0 fully saturated rings. The van der Waals surface area contributed by atoms with Crippen LogP contribution >= 0.6 is 22.9 Å². The molecule has 0 aliphatic heterocycles. The molecule has 0 aliphatic carbocycles.